The molecule has 5 nitrogen and oxygen atoms in total. The van der Waals surface area contributed by atoms with Gasteiger partial charge in [0.2, 0.25) is 15.9 Å². The van der Waals surface area contributed by atoms with E-state index >= 15 is 0 Å². The second kappa shape index (κ2) is 9.62. The Hall–Kier alpha value is -2.25. The number of hydrogen-bond acceptors (Lipinski definition) is 3. The number of carbonyl (C=O) groups is 1. The molecular weight excluding hydrogens is 367 g/mol. The Labute approximate surface area is 160 Å². The van der Waals surface area contributed by atoms with Crippen molar-refractivity contribution in [3.8, 4) is 0 Å². The van der Waals surface area contributed by atoms with E-state index in [1.807, 2.05) is 24.3 Å². The third-order valence-corrected chi connectivity index (χ3v) is 6.12. The van der Waals surface area contributed by atoms with Crippen LogP contribution >= 0.6 is 0 Å². The molecular formula is C20H25FN2O3S. The lowest BCUT2D eigenvalue weighted by molar-refractivity contribution is -0.116. The zero-order chi connectivity index (χ0) is 19.9. The average Bonchev–Trinajstić information content (AvgIpc) is 2.65. The average molecular weight is 392 g/mol. The van der Waals surface area contributed by atoms with Gasteiger partial charge < -0.3 is 5.32 Å². The zero-order valence-corrected chi connectivity index (χ0v) is 16.4. The number of amides is 1. The third-order valence-electron chi connectivity index (χ3n) is 4.18. The van der Waals surface area contributed by atoms with Crippen molar-refractivity contribution in [1.82, 2.24) is 4.31 Å². The van der Waals surface area contributed by atoms with E-state index in [4.69, 9.17) is 0 Å². The second-order valence-electron chi connectivity index (χ2n) is 6.23. The molecule has 0 aliphatic rings. The fourth-order valence-corrected chi connectivity index (χ4v) is 4.02. The van der Waals surface area contributed by atoms with E-state index in [1.165, 1.54) is 17.7 Å². The van der Waals surface area contributed by atoms with Crippen LogP contribution < -0.4 is 5.32 Å². The fraction of sp³-hybridized carbons (Fsp3) is 0.350. The molecule has 0 radical (unpaired) electrons. The summed E-state index contributed by atoms with van der Waals surface area (Å²) in [7, 11) is -3.87. The molecule has 0 heterocycles. The molecule has 2 rings (SSSR count). The molecule has 27 heavy (non-hydrogen) atoms. The van der Waals surface area contributed by atoms with Crippen molar-refractivity contribution in [3.63, 3.8) is 0 Å². The van der Waals surface area contributed by atoms with Gasteiger partial charge in [-0.25, -0.2) is 12.8 Å². The highest BCUT2D eigenvalue weighted by atomic mass is 32.2. The number of hydrogen-bond donors (Lipinski definition) is 1. The second-order valence-corrected chi connectivity index (χ2v) is 8.17. The van der Waals surface area contributed by atoms with Crippen LogP contribution in [0.1, 0.15) is 32.3 Å². The maximum atomic E-state index is 13.0. The number of aryl methyl sites for hydroxylation is 1. The van der Waals surface area contributed by atoms with Crippen LogP contribution in [0.2, 0.25) is 0 Å². The van der Waals surface area contributed by atoms with Crippen LogP contribution in [-0.2, 0) is 21.2 Å². The van der Waals surface area contributed by atoms with Gasteiger partial charge in [0.15, 0.2) is 0 Å². The normalized spacial score (nSPS) is 11.6. The molecule has 0 aliphatic heterocycles. The van der Waals surface area contributed by atoms with E-state index in [0.29, 0.717) is 5.69 Å². The van der Waals surface area contributed by atoms with Crippen LogP contribution in [0, 0.1) is 5.82 Å². The number of anilines is 1. The smallest absolute Gasteiger partial charge is 0.243 e. The van der Waals surface area contributed by atoms with Gasteiger partial charge in [0, 0.05) is 12.2 Å². The number of nitrogens with zero attached hydrogens (tertiary/aromatic N) is 1. The first-order valence-electron chi connectivity index (χ1n) is 9.01. The molecule has 2 aromatic rings. The molecule has 0 fully saturated rings. The molecule has 0 saturated carbocycles. The largest absolute Gasteiger partial charge is 0.325 e. The van der Waals surface area contributed by atoms with Crippen LogP contribution in [0.3, 0.4) is 0 Å². The van der Waals surface area contributed by atoms with Gasteiger partial charge in [-0.05, 0) is 54.8 Å². The third kappa shape index (κ3) is 5.87. The number of benzene rings is 2. The Bertz CT molecular complexity index is 850. The van der Waals surface area contributed by atoms with Crippen LogP contribution in [0.15, 0.2) is 53.4 Å². The number of rotatable bonds is 9. The van der Waals surface area contributed by atoms with Gasteiger partial charge in [0.1, 0.15) is 5.82 Å². The SMILES string of the molecule is CCCCc1ccc(NC(=O)CN(CC)S(=O)(=O)c2ccc(F)cc2)cc1. The molecule has 1 amide bonds. The highest BCUT2D eigenvalue weighted by molar-refractivity contribution is 7.89. The van der Waals surface area contributed by atoms with Gasteiger partial charge in [0.05, 0.1) is 11.4 Å². The lowest BCUT2D eigenvalue weighted by Crippen LogP contribution is -2.37. The molecule has 146 valence electrons. The van der Waals surface area contributed by atoms with E-state index in [2.05, 4.69) is 12.2 Å². The molecule has 0 atom stereocenters. The van der Waals surface area contributed by atoms with Crippen molar-refractivity contribution in [3.05, 3.63) is 59.9 Å². The van der Waals surface area contributed by atoms with E-state index in [1.54, 1.807) is 6.92 Å². The highest BCUT2D eigenvalue weighted by Gasteiger charge is 2.25. The summed E-state index contributed by atoms with van der Waals surface area (Å²) in [5, 5.41) is 2.72. The van der Waals surface area contributed by atoms with Crippen molar-refractivity contribution >= 4 is 21.6 Å². The summed E-state index contributed by atoms with van der Waals surface area (Å²) in [6, 6.07) is 12.1. The number of halogens is 1. The molecule has 7 heteroatoms. The summed E-state index contributed by atoms with van der Waals surface area (Å²) in [6.07, 6.45) is 3.22. The summed E-state index contributed by atoms with van der Waals surface area (Å²) in [5.74, 6) is -0.944. The Morgan fingerprint density at radius 1 is 1.04 bits per heavy atom. The highest BCUT2D eigenvalue weighted by Crippen LogP contribution is 2.17. The Morgan fingerprint density at radius 2 is 1.67 bits per heavy atom. The predicted molar refractivity (Wildman–Crippen MR) is 105 cm³/mol. The lowest BCUT2D eigenvalue weighted by Gasteiger charge is -2.20. The minimum atomic E-state index is -3.87. The Kier molecular flexibility index (Phi) is 7.50. The van der Waals surface area contributed by atoms with E-state index in [9.17, 15) is 17.6 Å². The Balaban J connectivity index is 2.02. The number of unbranched alkanes of at least 4 members (excludes halogenated alkanes) is 1. The molecule has 0 unspecified atom stereocenters. The summed E-state index contributed by atoms with van der Waals surface area (Å²) < 4.78 is 39.4. The molecule has 0 aliphatic carbocycles. The van der Waals surface area contributed by atoms with Gasteiger partial charge in [-0.3, -0.25) is 4.79 Å². The van der Waals surface area contributed by atoms with Crippen molar-refractivity contribution < 1.29 is 17.6 Å². The Morgan fingerprint density at radius 3 is 2.22 bits per heavy atom. The van der Waals surface area contributed by atoms with Gasteiger partial charge in [-0.15, -0.1) is 0 Å². The molecule has 2 aromatic carbocycles. The molecule has 0 saturated heterocycles. The van der Waals surface area contributed by atoms with Crippen LogP contribution in [0.25, 0.3) is 0 Å². The van der Waals surface area contributed by atoms with Crippen molar-refractivity contribution in [2.24, 2.45) is 0 Å². The first-order chi connectivity index (χ1) is 12.9. The quantitative estimate of drug-likeness (QED) is 0.705. The number of likely N-dealkylation sites (N-methyl/N-ethyl adjacent to an activating group) is 1. The monoisotopic (exact) mass is 392 g/mol. The first kappa shape index (κ1) is 21.1. The topological polar surface area (TPSA) is 66.5 Å². The summed E-state index contributed by atoms with van der Waals surface area (Å²) in [5.41, 5.74) is 1.82. The number of carbonyl (C=O) groups excluding carboxylic acids is 1. The van der Waals surface area contributed by atoms with Gasteiger partial charge >= 0.3 is 0 Å². The van der Waals surface area contributed by atoms with Crippen LogP contribution in [-0.4, -0.2) is 31.7 Å². The summed E-state index contributed by atoms with van der Waals surface area (Å²) >= 11 is 0. The van der Waals surface area contributed by atoms with Crippen molar-refractivity contribution in [2.75, 3.05) is 18.4 Å². The van der Waals surface area contributed by atoms with E-state index < -0.39 is 21.7 Å². The molecule has 0 bridgehead atoms. The molecule has 0 spiro atoms. The zero-order valence-electron chi connectivity index (χ0n) is 15.6. The van der Waals surface area contributed by atoms with Gasteiger partial charge in [0.25, 0.3) is 0 Å². The number of nitrogens with one attached hydrogen (secondary N) is 1. The first-order valence-corrected chi connectivity index (χ1v) is 10.4. The summed E-state index contributed by atoms with van der Waals surface area (Å²) in [6.45, 7) is 3.60. The van der Waals surface area contributed by atoms with Crippen LogP contribution in [0.4, 0.5) is 10.1 Å². The minimum absolute atomic E-state index is 0.0428. The fourth-order valence-electron chi connectivity index (χ4n) is 2.62. The van der Waals surface area contributed by atoms with Crippen molar-refractivity contribution in [2.45, 2.75) is 38.0 Å². The van der Waals surface area contributed by atoms with Gasteiger partial charge in [-0.1, -0.05) is 32.4 Å². The maximum absolute atomic E-state index is 13.0. The molecule has 1 N–H and O–H groups in total. The lowest BCUT2D eigenvalue weighted by atomic mass is 10.1. The van der Waals surface area contributed by atoms with Crippen LogP contribution in [0.5, 0.6) is 0 Å². The molecule has 0 aromatic heterocycles. The summed E-state index contributed by atoms with van der Waals surface area (Å²) in [4.78, 5) is 12.3. The standard InChI is InChI=1S/C20H25FN2O3S/c1-3-5-6-16-7-11-18(12-8-16)22-20(24)15-23(4-2)27(25,26)19-13-9-17(21)10-14-19/h7-14H,3-6,15H2,1-2H3,(H,22,24). The van der Waals surface area contributed by atoms with Crippen molar-refractivity contribution in [1.29, 1.82) is 0 Å². The van der Waals surface area contributed by atoms with E-state index in [-0.39, 0.29) is 18.0 Å². The van der Waals surface area contributed by atoms with E-state index in [0.717, 1.165) is 35.7 Å². The van der Waals surface area contributed by atoms with Gasteiger partial charge in [-0.2, -0.15) is 4.31 Å². The number of sulfonamides is 1. The predicted octanol–water partition coefficient (Wildman–Crippen LogP) is 3.82. The minimum Gasteiger partial charge on any atom is -0.325 e. The maximum Gasteiger partial charge on any atom is 0.243 e.